The van der Waals surface area contributed by atoms with E-state index in [9.17, 15) is 9.59 Å². The quantitative estimate of drug-likeness (QED) is 0.552. The van der Waals surface area contributed by atoms with E-state index in [4.69, 9.17) is 14.2 Å². The first-order chi connectivity index (χ1) is 17.1. The molecule has 4 rings (SSSR count). The molecule has 0 aliphatic carbocycles. The topological polar surface area (TPSA) is 106 Å². The maximum Gasteiger partial charge on any atom is 0.415 e. The van der Waals surface area contributed by atoms with E-state index in [2.05, 4.69) is 15.3 Å². The van der Waals surface area contributed by atoms with Crippen LogP contribution in [0.3, 0.4) is 0 Å². The van der Waals surface area contributed by atoms with Crippen molar-refractivity contribution in [3.63, 3.8) is 0 Å². The Morgan fingerprint density at radius 3 is 2.69 bits per heavy atom. The third-order valence-corrected chi connectivity index (χ3v) is 5.78. The molecule has 0 fully saturated rings. The standard InChI is InChI=1S/C26H33N5O5/c1-6-31-22-20(16-35-25(31)33)13-27-23(29-22)28-17(2)19-7-9-21(10-8-19)34-15-18-11-12-30(14-18)24(32)36-26(3,4)5/h7-11,13,17H,6,12,14-16H2,1-5H3,(H,27,28,29). The summed E-state index contributed by atoms with van der Waals surface area (Å²) in [6.07, 6.45) is 2.97. The Hall–Kier alpha value is -3.82. The van der Waals surface area contributed by atoms with Gasteiger partial charge in [0.25, 0.3) is 0 Å². The van der Waals surface area contributed by atoms with Gasteiger partial charge in [-0.25, -0.2) is 14.6 Å². The number of hydrogen-bond acceptors (Lipinski definition) is 8. The van der Waals surface area contributed by atoms with Crippen LogP contribution in [0.4, 0.5) is 21.4 Å². The Kier molecular flexibility index (Phi) is 7.32. The van der Waals surface area contributed by atoms with Crippen LogP contribution < -0.4 is 15.0 Å². The summed E-state index contributed by atoms with van der Waals surface area (Å²) in [7, 11) is 0. The molecule has 36 heavy (non-hydrogen) atoms. The molecule has 3 heterocycles. The van der Waals surface area contributed by atoms with Crippen molar-refractivity contribution >= 4 is 24.0 Å². The van der Waals surface area contributed by atoms with Crippen LogP contribution in [0, 0.1) is 0 Å². The summed E-state index contributed by atoms with van der Waals surface area (Å²) in [5.41, 5.74) is 2.34. The second-order valence-corrected chi connectivity index (χ2v) is 9.79. The van der Waals surface area contributed by atoms with Crippen molar-refractivity contribution in [2.45, 2.75) is 52.9 Å². The van der Waals surface area contributed by atoms with Crippen molar-refractivity contribution in [1.82, 2.24) is 14.9 Å². The molecule has 0 bridgehead atoms. The number of carbonyl (C=O) groups is 2. The second kappa shape index (κ2) is 10.4. The molecule has 2 aliphatic rings. The van der Waals surface area contributed by atoms with E-state index in [0.29, 0.717) is 38.0 Å². The SMILES string of the molecule is CCN1C(=O)OCc2cnc(NC(C)c3ccc(OCC4=CCN(C(=O)OC(C)(C)C)C4)cc3)nc21. The number of anilines is 2. The second-order valence-electron chi connectivity index (χ2n) is 9.79. The molecular weight excluding hydrogens is 462 g/mol. The third kappa shape index (κ3) is 6.05. The summed E-state index contributed by atoms with van der Waals surface area (Å²) >= 11 is 0. The Bertz CT molecular complexity index is 1140. The number of carbonyl (C=O) groups excluding carboxylic acids is 2. The molecule has 1 atom stereocenters. The molecule has 0 spiro atoms. The molecule has 2 aliphatic heterocycles. The molecule has 1 aromatic carbocycles. The summed E-state index contributed by atoms with van der Waals surface area (Å²) in [5, 5.41) is 3.30. The van der Waals surface area contributed by atoms with Gasteiger partial charge in [0, 0.05) is 25.8 Å². The summed E-state index contributed by atoms with van der Waals surface area (Å²) in [4.78, 5) is 36.3. The van der Waals surface area contributed by atoms with E-state index in [1.165, 1.54) is 4.90 Å². The largest absolute Gasteiger partial charge is 0.489 e. The Labute approximate surface area is 211 Å². The number of rotatable bonds is 7. The van der Waals surface area contributed by atoms with E-state index in [1.807, 2.05) is 65.0 Å². The lowest BCUT2D eigenvalue weighted by atomic mass is 10.1. The van der Waals surface area contributed by atoms with Gasteiger partial charge < -0.3 is 24.4 Å². The highest BCUT2D eigenvalue weighted by Gasteiger charge is 2.27. The van der Waals surface area contributed by atoms with Gasteiger partial charge in [-0.1, -0.05) is 18.2 Å². The van der Waals surface area contributed by atoms with Gasteiger partial charge >= 0.3 is 12.2 Å². The molecule has 1 aromatic heterocycles. The minimum atomic E-state index is -0.514. The number of benzene rings is 1. The smallest absolute Gasteiger partial charge is 0.415 e. The Balaban J connectivity index is 1.30. The lowest BCUT2D eigenvalue weighted by molar-refractivity contribution is 0.0300. The number of ether oxygens (including phenoxy) is 3. The summed E-state index contributed by atoms with van der Waals surface area (Å²) in [6.45, 7) is 11.5. The minimum Gasteiger partial charge on any atom is -0.489 e. The zero-order chi connectivity index (χ0) is 25.9. The first-order valence-electron chi connectivity index (χ1n) is 12.1. The fourth-order valence-electron chi connectivity index (χ4n) is 3.88. The van der Waals surface area contributed by atoms with Crippen molar-refractivity contribution in [3.8, 4) is 5.75 Å². The summed E-state index contributed by atoms with van der Waals surface area (Å²) < 4.78 is 16.5. The van der Waals surface area contributed by atoms with E-state index in [1.54, 1.807) is 11.1 Å². The fourth-order valence-corrected chi connectivity index (χ4v) is 3.88. The number of hydrogen-bond donors (Lipinski definition) is 1. The van der Waals surface area contributed by atoms with Crippen LogP contribution >= 0.6 is 0 Å². The van der Waals surface area contributed by atoms with Gasteiger partial charge in [0.15, 0.2) is 0 Å². The highest BCUT2D eigenvalue weighted by atomic mass is 16.6. The molecule has 10 nitrogen and oxygen atoms in total. The van der Waals surface area contributed by atoms with Crippen LogP contribution in [0.15, 0.2) is 42.1 Å². The maximum atomic E-state index is 12.2. The van der Waals surface area contributed by atoms with Crippen LogP contribution in [0.2, 0.25) is 0 Å². The van der Waals surface area contributed by atoms with Crippen molar-refractivity contribution < 1.29 is 23.8 Å². The molecule has 0 saturated heterocycles. The van der Waals surface area contributed by atoms with Gasteiger partial charge in [0.2, 0.25) is 5.95 Å². The molecular formula is C26H33N5O5. The average molecular weight is 496 g/mol. The average Bonchev–Trinajstić information content (AvgIpc) is 3.31. The fraction of sp³-hybridized carbons (Fsp3) is 0.462. The van der Waals surface area contributed by atoms with Crippen LogP contribution in [0.5, 0.6) is 5.75 Å². The highest BCUT2D eigenvalue weighted by Crippen LogP contribution is 2.27. The van der Waals surface area contributed by atoms with Gasteiger partial charge in [0.1, 0.15) is 30.4 Å². The minimum absolute atomic E-state index is 0.0670. The first-order valence-corrected chi connectivity index (χ1v) is 12.1. The number of nitrogens with zero attached hydrogens (tertiary/aromatic N) is 4. The van der Waals surface area contributed by atoms with E-state index < -0.39 is 11.7 Å². The Morgan fingerprint density at radius 1 is 1.25 bits per heavy atom. The van der Waals surface area contributed by atoms with Crippen LogP contribution in [0.1, 0.15) is 51.8 Å². The predicted octanol–water partition coefficient (Wildman–Crippen LogP) is 4.68. The van der Waals surface area contributed by atoms with Gasteiger partial charge in [0.05, 0.1) is 11.6 Å². The molecule has 10 heteroatoms. The van der Waals surface area contributed by atoms with Gasteiger partial charge in [-0.05, 0) is 57.9 Å². The van der Waals surface area contributed by atoms with Crippen LogP contribution in [0.25, 0.3) is 0 Å². The number of cyclic esters (lactones) is 1. The predicted molar refractivity (Wildman–Crippen MR) is 135 cm³/mol. The zero-order valence-electron chi connectivity index (χ0n) is 21.4. The van der Waals surface area contributed by atoms with E-state index >= 15 is 0 Å². The number of amides is 2. The monoisotopic (exact) mass is 495 g/mol. The molecule has 1 N–H and O–H groups in total. The molecule has 192 valence electrons. The van der Waals surface area contributed by atoms with Gasteiger partial charge in [-0.3, -0.25) is 4.90 Å². The molecule has 0 saturated carbocycles. The summed E-state index contributed by atoms with van der Waals surface area (Å²) in [5.74, 6) is 1.76. The number of aromatic nitrogens is 2. The molecule has 2 aromatic rings. The maximum absolute atomic E-state index is 12.2. The third-order valence-electron chi connectivity index (χ3n) is 5.78. The molecule has 0 radical (unpaired) electrons. The molecule has 1 unspecified atom stereocenters. The van der Waals surface area contributed by atoms with E-state index in [-0.39, 0.29) is 18.7 Å². The van der Waals surface area contributed by atoms with Gasteiger partial charge in [-0.15, -0.1) is 0 Å². The number of fused-ring (bicyclic) bond motifs is 1. The number of nitrogens with one attached hydrogen (secondary N) is 1. The van der Waals surface area contributed by atoms with Gasteiger partial charge in [-0.2, -0.15) is 4.98 Å². The zero-order valence-corrected chi connectivity index (χ0v) is 21.4. The normalized spacial score (nSPS) is 16.1. The van der Waals surface area contributed by atoms with Crippen molar-refractivity contribution in [2.24, 2.45) is 0 Å². The first kappa shape index (κ1) is 25.3. The lowest BCUT2D eigenvalue weighted by Crippen LogP contribution is -2.36. The lowest BCUT2D eigenvalue weighted by Gasteiger charge is -2.27. The van der Waals surface area contributed by atoms with Crippen molar-refractivity contribution in [2.75, 3.05) is 36.5 Å². The summed E-state index contributed by atoms with van der Waals surface area (Å²) in [6, 6.07) is 7.73. The highest BCUT2D eigenvalue weighted by molar-refractivity contribution is 5.89. The van der Waals surface area contributed by atoms with Crippen LogP contribution in [-0.2, 0) is 16.1 Å². The van der Waals surface area contributed by atoms with Crippen LogP contribution in [-0.4, -0.2) is 58.9 Å². The van der Waals surface area contributed by atoms with Crippen molar-refractivity contribution in [1.29, 1.82) is 0 Å². The molecule has 2 amide bonds. The van der Waals surface area contributed by atoms with E-state index in [0.717, 1.165) is 22.4 Å². The Morgan fingerprint density at radius 2 is 2.00 bits per heavy atom. The van der Waals surface area contributed by atoms with Crippen molar-refractivity contribution in [3.05, 3.63) is 53.2 Å².